The maximum Gasteiger partial charge on any atom is 0.240 e. The Morgan fingerprint density at radius 3 is 2.47 bits per heavy atom. The standard InChI is InChI=1S/C11H17N3O4S/c1-11(2,10(13)16)6-14-19(17,18)7-3-4-9(15)8(12)5-7/h3-5,14-15H,6,12H2,1-2H3,(H2,13,16). The molecule has 1 aromatic carbocycles. The van der Waals surface area contributed by atoms with Crippen molar-refractivity contribution in [3.05, 3.63) is 18.2 Å². The van der Waals surface area contributed by atoms with Crippen molar-refractivity contribution in [1.82, 2.24) is 4.72 Å². The van der Waals surface area contributed by atoms with Crippen LogP contribution in [0.2, 0.25) is 0 Å². The second-order valence-corrected chi connectivity index (χ2v) is 6.56. The lowest BCUT2D eigenvalue weighted by Gasteiger charge is -2.20. The third-order valence-corrected chi connectivity index (χ3v) is 4.08. The van der Waals surface area contributed by atoms with Crippen LogP contribution in [0, 0.1) is 5.41 Å². The molecule has 106 valence electrons. The lowest BCUT2D eigenvalue weighted by atomic mass is 9.93. The highest BCUT2D eigenvalue weighted by molar-refractivity contribution is 7.89. The molecule has 1 amide bonds. The number of nitrogens with two attached hydrogens (primary N) is 2. The van der Waals surface area contributed by atoms with Gasteiger partial charge in [-0.25, -0.2) is 13.1 Å². The molecule has 0 aliphatic carbocycles. The van der Waals surface area contributed by atoms with E-state index >= 15 is 0 Å². The van der Waals surface area contributed by atoms with Crippen LogP contribution in [0.3, 0.4) is 0 Å². The van der Waals surface area contributed by atoms with Crippen molar-refractivity contribution in [3.8, 4) is 5.75 Å². The van der Waals surface area contributed by atoms with E-state index in [1.54, 1.807) is 0 Å². The van der Waals surface area contributed by atoms with Crippen LogP contribution in [0.5, 0.6) is 5.75 Å². The number of carbonyl (C=O) groups excluding carboxylic acids is 1. The fourth-order valence-electron chi connectivity index (χ4n) is 1.15. The first kappa shape index (κ1) is 15.3. The number of nitrogen functional groups attached to an aromatic ring is 1. The molecule has 0 aromatic heterocycles. The van der Waals surface area contributed by atoms with Crippen LogP contribution in [0.15, 0.2) is 23.1 Å². The van der Waals surface area contributed by atoms with Gasteiger partial charge in [0.05, 0.1) is 16.0 Å². The van der Waals surface area contributed by atoms with Crippen LogP contribution < -0.4 is 16.2 Å². The van der Waals surface area contributed by atoms with Gasteiger partial charge in [-0.1, -0.05) is 0 Å². The zero-order chi connectivity index (χ0) is 14.8. The molecule has 0 saturated carbocycles. The van der Waals surface area contributed by atoms with Crippen LogP contribution in [-0.2, 0) is 14.8 Å². The van der Waals surface area contributed by atoms with Crippen molar-refractivity contribution in [3.63, 3.8) is 0 Å². The summed E-state index contributed by atoms with van der Waals surface area (Å²) in [5.41, 5.74) is 9.54. The fourth-order valence-corrected chi connectivity index (χ4v) is 2.39. The SMILES string of the molecule is CC(C)(CNS(=O)(=O)c1ccc(O)c(N)c1)C(N)=O. The first-order chi connectivity index (χ1) is 8.56. The molecular weight excluding hydrogens is 270 g/mol. The molecular formula is C11H17N3O4S. The van der Waals surface area contributed by atoms with Gasteiger partial charge in [-0.15, -0.1) is 0 Å². The molecule has 0 fully saturated rings. The molecule has 8 heteroatoms. The smallest absolute Gasteiger partial charge is 0.240 e. The van der Waals surface area contributed by atoms with Crippen molar-refractivity contribution < 1.29 is 18.3 Å². The summed E-state index contributed by atoms with van der Waals surface area (Å²) >= 11 is 0. The van der Waals surface area contributed by atoms with E-state index in [4.69, 9.17) is 11.5 Å². The third kappa shape index (κ3) is 3.58. The lowest BCUT2D eigenvalue weighted by molar-refractivity contribution is -0.125. The molecule has 0 aliphatic heterocycles. The molecule has 7 nitrogen and oxygen atoms in total. The highest BCUT2D eigenvalue weighted by Gasteiger charge is 2.27. The summed E-state index contributed by atoms with van der Waals surface area (Å²) in [5, 5.41) is 9.24. The number of nitrogens with one attached hydrogen (secondary N) is 1. The first-order valence-corrected chi connectivity index (χ1v) is 6.92. The Morgan fingerprint density at radius 1 is 1.42 bits per heavy atom. The maximum atomic E-state index is 12.0. The number of rotatable bonds is 5. The normalized spacial score (nSPS) is 12.3. The number of phenols is 1. The molecule has 1 aromatic rings. The molecule has 6 N–H and O–H groups in total. The molecule has 0 atom stereocenters. The number of sulfonamides is 1. The van der Waals surface area contributed by atoms with Crippen molar-refractivity contribution in [2.45, 2.75) is 18.7 Å². The van der Waals surface area contributed by atoms with E-state index in [-0.39, 0.29) is 22.9 Å². The van der Waals surface area contributed by atoms with E-state index in [0.29, 0.717) is 0 Å². The Hall–Kier alpha value is -1.80. The summed E-state index contributed by atoms with van der Waals surface area (Å²) in [6.07, 6.45) is 0. The molecule has 0 radical (unpaired) electrons. The molecule has 19 heavy (non-hydrogen) atoms. The van der Waals surface area contributed by atoms with Crippen LogP contribution in [0.25, 0.3) is 0 Å². The van der Waals surface area contributed by atoms with Gasteiger partial charge in [0.2, 0.25) is 15.9 Å². The number of benzene rings is 1. The van der Waals surface area contributed by atoms with Gasteiger partial charge < -0.3 is 16.6 Å². The predicted molar refractivity (Wildman–Crippen MR) is 70.7 cm³/mol. The first-order valence-electron chi connectivity index (χ1n) is 5.44. The van der Waals surface area contributed by atoms with Gasteiger partial charge in [0.25, 0.3) is 0 Å². The Kier molecular flexibility index (Phi) is 4.06. The van der Waals surface area contributed by atoms with Crippen LogP contribution in [0.1, 0.15) is 13.8 Å². The summed E-state index contributed by atoms with van der Waals surface area (Å²) in [6, 6.07) is 3.53. The number of hydrogen-bond acceptors (Lipinski definition) is 5. The van der Waals surface area contributed by atoms with Gasteiger partial charge in [-0.05, 0) is 32.0 Å². The van der Waals surface area contributed by atoms with Gasteiger partial charge in [-0.2, -0.15) is 0 Å². The highest BCUT2D eigenvalue weighted by Crippen LogP contribution is 2.23. The van der Waals surface area contributed by atoms with Gasteiger partial charge >= 0.3 is 0 Å². The number of hydrogen-bond donors (Lipinski definition) is 4. The van der Waals surface area contributed by atoms with E-state index in [1.807, 2.05) is 0 Å². The molecule has 0 heterocycles. The number of amides is 1. The molecule has 0 aliphatic rings. The summed E-state index contributed by atoms with van der Waals surface area (Å²) in [5.74, 6) is -0.808. The monoisotopic (exact) mass is 287 g/mol. The Labute approximate surface area is 111 Å². The summed E-state index contributed by atoms with van der Waals surface area (Å²) < 4.78 is 26.2. The Balaban J connectivity index is 2.93. The summed E-state index contributed by atoms with van der Waals surface area (Å²) in [7, 11) is -3.82. The van der Waals surface area contributed by atoms with Crippen LogP contribution >= 0.6 is 0 Å². The summed E-state index contributed by atoms with van der Waals surface area (Å²) in [6.45, 7) is 2.93. The fraction of sp³-hybridized carbons (Fsp3) is 0.364. The second kappa shape index (κ2) is 5.06. The topological polar surface area (TPSA) is 136 Å². The molecule has 0 bridgehead atoms. The van der Waals surface area contributed by atoms with Crippen LogP contribution in [-0.4, -0.2) is 26.0 Å². The van der Waals surface area contributed by atoms with E-state index in [1.165, 1.54) is 26.0 Å². The number of carbonyl (C=O) groups is 1. The highest BCUT2D eigenvalue weighted by atomic mass is 32.2. The minimum atomic E-state index is -3.82. The van der Waals surface area contributed by atoms with Gasteiger partial charge in [0, 0.05) is 6.54 Å². The average molecular weight is 287 g/mol. The largest absolute Gasteiger partial charge is 0.506 e. The third-order valence-electron chi connectivity index (χ3n) is 2.68. The van der Waals surface area contributed by atoms with Gasteiger partial charge in [0.15, 0.2) is 0 Å². The molecule has 0 unspecified atom stereocenters. The quantitative estimate of drug-likeness (QED) is 0.438. The van der Waals surface area contributed by atoms with Crippen LogP contribution in [0.4, 0.5) is 5.69 Å². The second-order valence-electron chi connectivity index (χ2n) is 4.79. The Morgan fingerprint density at radius 2 is 2.00 bits per heavy atom. The number of primary amides is 1. The predicted octanol–water partition coefficient (Wildman–Crippen LogP) is -0.236. The van der Waals surface area contributed by atoms with Crippen molar-refractivity contribution in [2.24, 2.45) is 11.1 Å². The summed E-state index contributed by atoms with van der Waals surface area (Å²) in [4.78, 5) is 11.0. The van der Waals surface area contributed by atoms with E-state index in [2.05, 4.69) is 4.72 Å². The van der Waals surface area contributed by atoms with Gasteiger partial charge in [-0.3, -0.25) is 4.79 Å². The minimum absolute atomic E-state index is 0.0444. The Bertz CT molecular complexity index is 596. The van der Waals surface area contributed by atoms with E-state index in [0.717, 1.165) is 6.07 Å². The lowest BCUT2D eigenvalue weighted by Crippen LogP contribution is -2.42. The average Bonchev–Trinajstić information content (AvgIpc) is 2.30. The van der Waals surface area contributed by atoms with Crippen molar-refractivity contribution in [1.29, 1.82) is 0 Å². The van der Waals surface area contributed by atoms with E-state index in [9.17, 15) is 18.3 Å². The zero-order valence-corrected chi connectivity index (χ0v) is 11.5. The number of anilines is 1. The number of phenolic OH excluding ortho intramolecular Hbond substituents is 1. The van der Waals surface area contributed by atoms with Crippen molar-refractivity contribution >= 4 is 21.6 Å². The zero-order valence-electron chi connectivity index (χ0n) is 10.7. The molecule has 0 saturated heterocycles. The molecule has 1 rings (SSSR count). The number of aromatic hydroxyl groups is 1. The van der Waals surface area contributed by atoms with Gasteiger partial charge in [0.1, 0.15) is 5.75 Å². The van der Waals surface area contributed by atoms with E-state index < -0.39 is 21.3 Å². The minimum Gasteiger partial charge on any atom is -0.506 e. The van der Waals surface area contributed by atoms with Crippen molar-refractivity contribution in [2.75, 3.05) is 12.3 Å². The maximum absolute atomic E-state index is 12.0. The molecule has 0 spiro atoms.